The fraction of sp³-hybridized carbons (Fsp3) is 0.565. The number of piperidine rings is 1. The van der Waals surface area contributed by atoms with E-state index >= 15 is 0 Å². The predicted octanol–water partition coefficient (Wildman–Crippen LogP) is 2.17. The fourth-order valence-electron chi connectivity index (χ4n) is 5.54. The summed E-state index contributed by atoms with van der Waals surface area (Å²) >= 11 is 0. The van der Waals surface area contributed by atoms with Crippen LogP contribution in [0.25, 0.3) is 11.2 Å². The van der Waals surface area contributed by atoms with Gasteiger partial charge in [-0.05, 0) is 38.7 Å². The number of nitrogens with zero attached hydrogens (tertiary/aromatic N) is 6. The molecule has 0 radical (unpaired) electrons. The number of ether oxygens (including phenoxy) is 2. The largest absolute Gasteiger partial charge is 0.481 e. The molecule has 0 amide bonds. The zero-order chi connectivity index (χ0) is 22.6. The Morgan fingerprint density at radius 1 is 1.21 bits per heavy atom. The average Bonchev–Trinajstić information content (AvgIpc) is 3.40. The molecular weight excluding hydrogens is 420 g/mol. The highest BCUT2D eigenvalue weighted by molar-refractivity contribution is 5.87. The summed E-state index contributed by atoms with van der Waals surface area (Å²) in [4.78, 5) is 18.7. The minimum Gasteiger partial charge on any atom is -0.481 e. The zero-order valence-corrected chi connectivity index (χ0v) is 19.1. The first kappa shape index (κ1) is 20.6. The maximum absolute atomic E-state index is 6.47. The van der Waals surface area contributed by atoms with Gasteiger partial charge in [-0.2, -0.15) is 5.10 Å². The maximum Gasteiger partial charge on any atom is 0.213 e. The van der Waals surface area contributed by atoms with Gasteiger partial charge in [0, 0.05) is 37.2 Å². The van der Waals surface area contributed by atoms with Crippen LogP contribution in [-0.2, 0) is 11.2 Å². The molecule has 3 aliphatic heterocycles. The summed E-state index contributed by atoms with van der Waals surface area (Å²) in [6, 6.07) is 4.04. The van der Waals surface area contributed by atoms with Crippen molar-refractivity contribution in [3.8, 4) is 5.88 Å². The molecule has 33 heavy (non-hydrogen) atoms. The number of rotatable bonds is 3. The van der Waals surface area contributed by atoms with E-state index in [1.165, 1.54) is 0 Å². The molecule has 1 spiro atoms. The van der Waals surface area contributed by atoms with Gasteiger partial charge in [0.1, 0.15) is 5.82 Å². The molecule has 6 rings (SSSR count). The van der Waals surface area contributed by atoms with Gasteiger partial charge in [-0.1, -0.05) is 0 Å². The number of aromatic nitrogens is 5. The van der Waals surface area contributed by atoms with Gasteiger partial charge in [-0.15, -0.1) is 0 Å². The Hall–Kier alpha value is -2.98. The molecule has 0 unspecified atom stereocenters. The Bertz CT molecular complexity index is 1170. The highest BCUT2D eigenvalue weighted by atomic mass is 16.5. The molecule has 174 valence electrons. The number of nitrogens with one attached hydrogen (secondary N) is 1. The molecule has 0 bridgehead atoms. The second kappa shape index (κ2) is 7.81. The van der Waals surface area contributed by atoms with Gasteiger partial charge in [0.25, 0.3) is 0 Å². The summed E-state index contributed by atoms with van der Waals surface area (Å²) < 4.78 is 11.2. The highest BCUT2D eigenvalue weighted by Gasteiger charge is 2.47. The Kier molecular flexibility index (Phi) is 4.88. The minimum atomic E-state index is 0.0903. The first-order valence-corrected chi connectivity index (χ1v) is 11.7. The number of pyridine rings is 1. The number of hydrogen-bond acceptors (Lipinski definition) is 9. The smallest absolute Gasteiger partial charge is 0.213 e. The van der Waals surface area contributed by atoms with Crippen LogP contribution in [0.4, 0.5) is 17.3 Å². The van der Waals surface area contributed by atoms with Crippen LogP contribution in [0.5, 0.6) is 5.88 Å². The minimum absolute atomic E-state index is 0.0903. The number of H-pyrrole nitrogens is 1. The van der Waals surface area contributed by atoms with Crippen molar-refractivity contribution in [3.63, 3.8) is 0 Å². The number of fused-ring (bicyclic) bond motifs is 2. The topological polar surface area (TPSA) is 118 Å². The molecule has 10 heteroatoms. The molecular formula is C23H30N8O2. The molecule has 3 N–H and O–H groups in total. The zero-order valence-electron chi connectivity index (χ0n) is 19.1. The van der Waals surface area contributed by atoms with Crippen LogP contribution in [-0.4, -0.2) is 70.6 Å². The van der Waals surface area contributed by atoms with Crippen molar-refractivity contribution < 1.29 is 9.47 Å². The van der Waals surface area contributed by atoms with E-state index in [0.717, 1.165) is 80.5 Å². The third kappa shape index (κ3) is 3.31. The number of nitrogens with two attached hydrogens (primary N) is 1. The second-order valence-corrected chi connectivity index (χ2v) is 9.44. The molecule has 10 nitrogen and oxygen atoms in total. The molecule has 0 aromatic carbocycles. The van der Waals surface area contributed by atoms with Gasteiger partial charge >= 0.3 is 0 Å². The number of anilines is 3. The maximum atomic E-state index is 6.47. The quantitative estimate of drug-likeness (QED) is 0.619. The second-order valence-electron chi connectivity index (χ2n) is 9.44. The number of aryl methyl sites for hydroxylation is 1. The van der Waals surface area contributed by atoms with Gasteiger partial charge < -0.3 is 25.0 Å². The van der Waals surface area contributed by atoms with Crippen molar-refractivity contribution in [1.29, 1.82) is 0 Å². The molecule has 3 aliphatic rings. The van der Waals surface area contributed by atoms with Crippen LogP contribution in [0.1, 0.15) is 31.9 Å². The van der Waals surface area contributed by atoms with Crippen LogP contribution in [0.15, 0.2) is 18.3 Å². The molecule has 0 aliphatic carbocycles. The highest BCUT2D eigenvalue weighted by Crippen LogP contribution is 2.42. The normalized spacial score (nSPS) is 24.5. The SMILES string of the molecule is COc1ccc2c(n1)CCCN2c1n[nH]c2nc(N3CCC4(CC3)CO[C@@H](C)[C@H]4N)cnc12. The van der Waals surface area contributed by atoms with E-state index < -0.39 is 0 Å². The summed E-state index contributed by atoms with van der Waals surface area (Å²) in [5, 5.41) is 7.69. The molecule has 3 aromatic rings. The third-order valence-electron chi connectivity index (χ3n) is 7.64. The summed E-state index contributed by atoms with van der Waals surface area (Å²) in [6.45, 7) is 5.50. The molecule has 6 heterocycles. The van der Waals surface area contributed by atoms with Gasteiger partial charge in [0.15, 0.2) is 17.0 Å². The molecule has 2 fully saturated rings. The van der Waals surface area contributed by atoms with Gasteiger partial charge in [0.05, 0.1) is 37.4 Å². The van der Waals surface area contributed by atoms with Gasteiger partial charge in [0.2, 0.25) is 5.88 Å². The number of methoxy groups -OCH3 is 1. The van der Waals surface area contributed by atoms with Crippen LogP contribution in [0.3, 0.4) is 0 Å². The van der Waals surface area contributed by atoms with Crippen molar-refractivity contribution in [2.75, 3.05) is 43.2 Å². The fourth-order valence-corrected chi connectivity index (χ4v) is 5.54. The Morgan fingerprint density at radius 2 is 2.06 bits per heavy atom. The molecule has 0 saturated carbocycles. The van der Waals surface area contributed by atoms with Crippen molar-refractivity contribution >= 4 is 28.5 Å². The summed E-state index contributed by atoms with van der Waals surface area (Å²) in [5.74, 6) is 2.30. The Balaban J connectivity index is 1.25. The Labute approximate surface area is 192 Å². The van der Waals surface area contributed by atoms with Crippen molar-refractivity contribution in [2.24, 2.45) is 11.1 Å². The van der Waals surface area contributed by atoms with Crippen LogP contribution < -0.4 is 20.3 Å². The lowest BCUT2D eigenvalue weighted by molar-refractivity contribution is 0.0974. The van der Waals surface area contributed by atoms with E-state index in [-0.39, 0.29) is 17.6 Å². The van der Waals surface area contributed by atoms with Crippen LogP contribution in [0.2, 0.25) is 0 Å². The lowest BCUT2D eigenvalue weighted by Crippen LogP contribution is -2.50. The monoisotopic (exact) mass is 450 g/mol. The molecule has 2 saturated heterocycles. The Morgan fingerprint density at radius 3 is 2.82 bits per heavy atom. The van der Waals surface area contributed by atoms with Gasteiger partial charge in [-0.25, -0.2) is 15.0 Å². The predicted molar refractivity (Wildman–Crippen MR) is 125 cm³/mol. The van der Waals surface area contributed by atoms with E-state index in [0.29, 0.717) is 11.5 Å². The van der Waals surface area contributed by atoms with E-state index in [9.17, 15) is 0 Å². The van der Waals surface area contributed by atoms with Gasteiger partial charge in [-0.3, -0.25) is 5.10 Å². The van der Waals surface area contributed by atoms with Crippen LogP contribution >= 0.6 is 0 Å². The summed E-state index contributed by atoms with van der Waals surface area (Å²) in [7, 11) is 1.64. The standard InChI is InChI=1S/C23H30N8O2/c1-14-20(24)23(13-33-14)7-10-30(11-8-23)17-12-25-19-21(27-17)28-29-22(19)31-9-3-4-15-16(31)5-6-18(26-15)32-2/h5-6,12,14,20H,3-4,7-11,13,24H2,1-2H3,(H,27,28,29)/t14-,20+/m0/s1. The number of aromatic amines is 1. The third-order valence-corrected chi connectivity index (χ3v) is 7.64. The number of hydrogen-bond donors (Lipinski definition) is 2. The molecule has 3 aromatic heterocycles. The summed E-state index contributed by atoms with van der Waals surface area (Å²) in [6.07, 6.45) is 5.93. The lowest BCUT2D eigenvalue weighted by Gasteiger charge is -2.41. The van der Waals surface area contributed by atoms with E-state index in [1.54, 1.807) is 7.11 Å². The van der Waals surface area contributed by atoms with E-state index in [1.807, 2.05) is 18.3 Å². The average molecular weight is 451 g/mol. The van der Waals surface area contributed by atoms with Crippen molar-refractivity contribution in [1.82, 2.24) is 25.1 Å². The van der Waals surface area contributed by atoms with Crippen molar-refractivity contribution in [2.45, 2.75) is 44.8 Å². The van der Waals surface area contributed by atoms with E-state index in [4.69, 9.17) is 25.2 Å². The van der Waals surface area contributed by atoms with E-state index in [2.05, 4.69) is 31.9 Å². The first-order valence-electron chi connectivity index (χ1n) is 11.7. The van der Waals surface area contributed by atoms with Crippen molar-refractivity contribution in [3.05, 3.63) is 24.0 Å². The summed E-state index contributed by atoms with van der Waals surface area (Å²) in [5.41, 5.74) is 10.1. The lowest BCUT2D eigenvalue weighted by atomic mass is 9.73. The van der Waals surface area contributed by atoms with Crippen LogP contribution in [0, 0.1) is 5.41 Å². The first-order chi connectivity index (χ1) is 16.1. The molecule has 2 atom stereocenters.